The van der Waals surface area contributed by atoms with Gasteiger partial charge in [-0.2, -0.15) is 0 Å². The smallest absolute Gasteiger partial charge is 0.243 e. The lowest BCUT2D eigenvalue weighted by Crippen LogP contribution is -2.45. The largest absolute Gasteiger partial charge is 0.350 e. The van der Waals surface area contributed by atoms with E-state index in [-0.39, 0.29) is 17.9 Å². The quantitative estimate of drug-likeness (QED) is 0.877. The zero-order chi connectivity index (χ0) is 16.2. The fourth-order valence-corrected chi connectivity index (χ4v) is 3.33. The molecule has 1 aliphatic carbocycles. The Hall–Kier alpha value is -1.84. The third-order valence-electron chi connectivity index (χ3n) is 4.83. The summed E-state index contributed by atoms with van der Waals surface area (Å²) in [7, 11) is 0. The highest BCUT2D eigenvalue weighted by Gasteiger charge is 2.33. The van der Waals surface area contributed by atoms with Gasteiger partial charge in [0.1, 0.15) is 6.04 Å². The van der Waals surface area contributed by atoms with E-state index in [4.69, 9.17) is 0 Å². The number of amides is 2. The summed E-state index contributed by atoms with van der Waals surface area (Å²) in [6.45, 7) is 3.25. The molecule has 2 amide bonds. The molecule has 4 heteroatoms. The fourth-order valence-electron chi connectivity index (χ4n) is 3.33. The zero-order valence-electron chi connectivity index (χ0n) is 13.9. The van der Waals surface area contributed by atoms with Crippen LogP contribution >= 0.6 is 0 Å². The molecule has 0 radical (unpaired) electrons. The molecule has 0 aromatic heterocycles. The van der Waals surface area contributed by atoms with Crippen LogP contribution in [0, 0.1) is 0 Å². The van der Waals surface area contributed by atoms with Gasteiger partial charge < -0.3 is 10.2 Å². The van der Waals surface area contributed by atoms with E-state index >= 15 is 0 Å². The van der Waals surface area contributed by atoms with Crippen molar-refractivity contribution < 1.29 is 9.59 Å². The molecule has 3 rings (SSSR count). The highest BCUT2D eigenvalue weighted by Crippen LogP contribution is 2.39. The van der Waals surface area contributed by atoms with Gasteiger partial charge in [-0.05, 0) is 49.1 Å². The number of nitrogens with one attached hydrogen (secondary N) is 1. The number of likely N-dealkylation sites (tertiary alicyclic amines) is 1. The summed E-state index contributed by atoms with van der Waals surface area (Å²) < 4.78 is 0. The Kier molecular flexibility index (Phi) is 4.99. The van der Waals surface area contributed by atoms with E-state index in [1.54, 1.807) is 4.90 Å². The summed E-state index contributed by atoms with van der Waals surface area (Å²) in [5, 5.41) is 3.00. The maximum atomic E-state index is 12.4. The van der Waals surface area contributed by atoms with E-state index in [2.05, 4.69) is 29.6 Å². The molecule has 1 atom stereocenters. The highest BCUT2D eigenvalue weighted by atomic mass is 16.2. The second kappa shape index (κ2) is 7.16. The van der Waals surface area contributed by atoms with Gasteiger partial charge in [-0.25, -0.2) is 0 Å². The van der Waals surface area contributed by atoms with Crippen LogP contribution in [-0.2, 0) is 16.1 Å². The highest BCUT2D eigenvalue weighted by molar-refractivity contribution is 5.88. The van der Waals surface area contributed by atoms with Gasteiger partial charge in [-0.1, -0.05) is 31.2 Å². The third kappa shape index (κ3) is 3.92. The zero-order valence-corrected chi connectivity index (χ0v) is 13.9. The lowest BCUT2D eigenvalue weighted by atomic mass is 10.1. The molecule has 4 nitrogen and oxygen atoms in total. The fraction of sp³-hybridized carbons (Fsp3) is 0.579. The van der Waals surface area contributed by atoms with Crippen LogP contribution in [0.25, 0.3) is 0 Å². The first-order valence-corrected chi connectivity index (χ1v) is 8.85. The van der Waals surface area contributed by atoms with Crippen molar-refractivity contribution in [3.63, 3.8) is 0 Å². The Morgan fingerprint density at radius 1 is 1.17 bits per heavy atom. The monoisotopic (exact) mass is 314 g/mol. The van der Waals surface area contributed by atoms with Crippen LogP contribution in [-0.4, -0.2) is 29.3 Å². The van der Waals surface area contributed by atoms with Crippen molar-refractivity contribution in [2.75, 3.05) is 6.54 Å². The van der Waals surface area contributed by atoms with Crippen molar-refractivity contribution in [3.05, 3.63) is 35.4 Å². The SMILES string of the molecule is CCCC(=O)N1CCC[C@@H]1C(=O)NCc1ccc(C2CC2)cc1. The molecule has 1 N–H and O–H groups in total. The molecule has 1 aliphatic heterocycles. The van der Waals surface area contributed by atoms with Crippen LogP contribution < -0.4 is 5.32 Å². The van der Waals surface area contributed by atoms with Gasteiger partial charge in [-0.15, -0.1) is 0 Å². The molecular weight excluding hydrogens is 288 g/mol. The predicted molar refractivity (Wildman–Crippen MR) is 89.9 cm³/mol. The summed E-state index contributed by atoms with van der Waals surface area (Å²) >= 11 is 0. The molecule has 2 fully saturated rings. The minimum absolute atomic E-state index is 0.0155. The summed E-state index contributed by atoms with van der Waals surface area (Å²) in [6.07, 6.45) is 5.67. The Bertz CT molecular complexity index is 563. The summed E-state index contributed by atoms with van der Waals surface area (Å²) in [5.41, 5.74) is 2.53. The van der Waals surface area contributed by atoms with Gasteiger partial charge in [0.05, 0.1) is 0 Å². The molecule has 1 aromatic carbocycles. The molecule has 0 spiro atoms. The third-order valence-corrected chi connectivity index (χ3v) is 4.83. The van der Waals surface area contributed by atoms with Crippen LogP contribution in [0.1, 0.15) is 62.5 Å². The van der Waals surface area contributed by atoms with Gasteiger partial charge in [0.15, 0.2) is 0 Å². The van der Waals surface area contributed by atoms with Gasteiger partial charge in [0, 0.05) is 19.5 Å². The van der Waals surface area contributed by atoms with Gasteiger partial charge in [0.25, 0.3) is 0 Å². The normalized spacial score (nSPS) is 20.6. The van der Waals surface area contributed by atoms with Crippen molar-refractivity contribution in [2.24, 2.45) is 0 Å². The van der Waals surface area contributed by atoms with Crippen molar-refractivity contribution in [1.29, 1.82) is 0 Å². The summed E-state index contributed by atoms with van der Waals surface area (Å²) in [6, 6.07) is 8.27. The van der Waals surface area contributed by atoms with Gasteiger partial charge in [-0.3, -0.25) is 9.59 Å². The van der Waals surface area contributed by atoms with Gasteiger partial charge >= 0.3 is 0 Å². The van der Waals surface area contributed by atoms with Crippen LogP contribution in [0.3, 0.4) is 0 Å². The molecular formula is C19H26N2O2. The van der Waals surface area contributed by atoms with E-state index < -0.39 is 0 Å². The van der Waals surface area contributed by atoms with Crippen molar-refractivity contribution in [3.8, 4) is 0 Å². The van der Waals surface area contributed by atoms with Crippen molar-refractivity contribution >= 4 is 11.8 Å². The number of carbonyl (C=O) groups is 2. The predicted octanol–water partition coefficient (Wildman–Crippen LogP) is 2.97. The second-order valence-corrected chi connectivity index (χ2v) is 6.73. The Labute approximate surface area is 138 Å². The molecule has 0 bridgehead atoms. The summed E-state index contributed by atoms with van der Waals surface area (Å²) in [5.74, 6) is 0.854. The van der Waals surface area contributed by atoms with Crippen molar-refractivity contribution in [2.45, 2.75) is 64.0 Å². The second-order valence-electron chi connectivity index (χ2n) is 6.73. The standard InChI is InChI=1S/C19H26N2O2/c1-2-4-18(22)21-12-3-5-17(21)19(23)20-13-14-6-8-15(9-7-14)16-10-11-16/h6-9,16-17H,2-5,10-13H2,1H3,(H,20,23)/t17-/m1/s1. The van der Waals surface area contributed by atoms with E-state index in [1.165, 1.54) is 18.4 Å². The van der Waals surface area contributed by atoms with E-state index in [0.29, 0.717) is 19.5 Å². The average Bonchev–Trinajstić information content (AvgIpc) is 3.29. The van der Waals surface area contributed by atoms with Crippen LogP contribution in [0.15, 0.2) is 24.3 Å². The maximum absolute atomic E-state index is 12.4. The van der Waals surface area contributed by atoms with E-state index in [1.807, 2.05) is 6.92 Å². The Morgan fingerprint density at radius 2 is 1.91 bits per heavy atom. The first-order chi connectivity index (χ1) is 11.2. The number of rotatable bonds is 6. The molecule has 2 aliphatic rings. The lowest BCUT2D eigenvalue weighted by molar-refractivity contribution is -0.138. The molecule has 124 valence electrons. The van der Waals surface area contributed by atoms with Crippen LogP contribution in [0.2, 0.25) is 0 Å². The first-order valence-electron chi connectivity index (χ1n) is 8.85. The number of hydrogen-bond donors (Lipinski definition) is 1. The molecule has 1 saturated heterocycles. The van der Waals surface area contributed by atoms with Crippen molar-refractivity contribution in [1.82, 2.24) is 10.2 Å². The number of benzene rings is 1. The van der Waals surface area contributed by atoms with Gasteiger partial charge in [0.2, 0.25) is 11.8 Å². The molecule has 1 aromatic rings. The van der Waals surface area contributed by atoms with Crippen LogP contribution in [0.5, 0.6) is 0 Å². The topological polar surface area (TPSA) is 49.4 Å². The Balaban J connectivity index is 1.52. The average molecular weight is 314 g/mol. The molecule has 1 saturated carbocycles. The lowest BCUT2D eigenvalue weighted by Gasteiger charge is -2.24. The number of hydrogen-bond acceptors (Lipinski definition) is 2. The number of nitrogens with zero attached hydrogens (tertiary/aromatic N) is 1. The molecule has 1 heterocycles. The molecule has 0 unspecified atom stereocenters. The minimum Gasteiger partial charge on any atom is -0.350 e. The first kappa shape index (κ1) is 16.0. The van der Waals surface area contributed by atoms with E-state index in [9.17, 15) is 9.59 Å². The summed E-state index contributed by atoms with van der Waals surface area (Å²) in [4.78, 5) is 26.3. The van der Waals surface area contributed by atoms with Crippen LogP contribution in [0.4, 0.5) is 0 Å². The number of carbonyl (C=O) groups excluding carboxylic acids is 2. The Morgan fingerprint density at radius 3 is 2.57 bits per heavy atom. The maximum Gasteiger partial charge on any atom is 0.243 e. The molecule has 23 heavy (non-hydrogen) atoms. The van der Waals surface area contributed by atoms with E-state index in [0.717, 1.165) is 30.7 Å². The minimum atomic E-state index is -0.278.